The topological polar surface area (TPSA) is 35.2 Å². The smallest absolute Gasteiger partial charge is 0.405 e. The highest BCUT2D eigenvalue weighted by Crippen LogP contribution is 2.31. The van der Waals surface area contributed by atoms with Gasteiger partial charge in [-0.15, -0.1) is 13.2 Å². The summed E-state index contributed by atoms with van der Waals surface area (Å²) in [6, 6.07) is 12.5. The molecule has 22 heavy (non-hydrogen) atoms. The Morgan fingerprint density at radius 1 is 1.00 bits per heavy atom. The molecule has 0 fully saturated rings. The molecule has 0 aliphatic carbocycles. The lowest BCUT2D eigenvalue weighted by atomic mass is 9.97. The molecule has 0 heterocycles. The molecule has 0 spiro atoms. The number of benzene rings is 2. The predicted molar refractivity (Wildman–Crippen MR) is 80.5 cm³/mol. The maximum absolute atomic E-state index is 12.3. The molecule has 0 unspecified atom stereocenters. The molecule has 0 aliphatic heterocycles. The van der Waals surface area contributed by atoms with Gasteiger partial charge < -0.3 is 10.5 Å². The molecule has 2 aromatic rings. The van der Waals surface area contributed by atoms with Crippen LogP contribution in [0.25, 0.3) is 11.1 Å². The van der Waals surface area contributed by atoms with Gasteiger partial charge in [-0.25, -0.2) is 0 Å². The second-order valence-corrected chi connectivity index (χ2v) is 5.35. The fourth-order valence-electron chi connectivity index (χ4n) is 2.20. The van der Waals surface area contributed by atoms with E-state index in [1.165, 1.54) is 11.6 Å². The number of hydrogen-bond donors (Lipinski definition) is 1. The molecule has 0 saturated carbocycles. The van der Waals surface area contributed by atoms with Gasteiger partial charge in [0.25, 0.3) is 0 Å². The van der Waals surface area contributed by atoms with Gasteiger partial charge in [0.15, 0.2) is 0 Å². The van der Waals surface area contributed by atoms with Crippen molar-refractivity contribution in [3.8, 4) is 16.9 Å². The summed E-state index contributed by atoms with van der Waals surface area (Å²) >= 11 is 0. The molecular formula is C17H18F3NO. The molecular weight excluding hydrogens is 291 g/mol. The van der Waals surface area contributed by atoms with E-state index < -0.39 is 6.36 Å². The average molecular weight is 309 g/mol. The second-order valence-electron chi connectivity index (χ2n) is 5.35. The largest absolute Gasteiger partial charge is 0.573 e. The number of hydrogen-bond acceptors (Lipinski definition) is 2. The number of ether oxygens (including phenoxy) is 1. The van der Waals surface area contributed by atoms with Crippen molar-refractivity contribution >= 4 is 0 Å². The molecule has 0 aromatic heterocycles. The Kier molecular flexibility index (Phi) is 4.76. The lowest BCUT2D eigenvalue weighted by Crippen LogP contribution is -2.18. The Morgan fingerprint density at radius 3 is 2.09 bits per heavy atom. The van der Waals surface area contributed by atoms with Crippen LogP contribution in [0.3, 0.4) is 0 Å². The maximum Gasteiger partial charge on any atom is 0.573 e. The van der Waals surface area contributed by atoms with E-state index in [0.29, 0.717) is 11.5 Å². The van der Waals surface area contributed by atoms with Crippen LogP contribution >= 0.6 is 0 Å². The summed E-state index contributed by atoms with van der Waals surface area (Å²) in [6.45, 7) is 4.18. The molecule has 0 aliphatic rings. The standard InChI is InChI=1S/C17H18F3NO/c1-11(2)12-3-5-13(6-4-12)14-7-8-16(15(9-14)10-21)22-17(18,19)20/h3-9,11H,10,21H2,1-2H3. The third kappa shape index (κ3) is 4.01. The predicted octanol–water partition coefficient (Wildman–Crippen LogP) is 4.83. The van der Waals surface area contributed by atoms with Crippen LogP contribution in [-0.4, -0.2) is 6.36 Å². The van der Waals surface area contributed by atoms with Crippen molar-refractivity contribution in [3.63, 3.8) is 0 Å². The van der Waals surface area contributed by atoms with Crippen LogP contribution in [0.4, 0.5) is 13.2 Å². The Morgan fingerprint density at radius 2 is 1.59 bits per heavy atom. The fraction of sp³-hybridized carbons (Fsp3) is 0.294. The minimum absolute atomic E-state index is 0.0245. The molecule has 0 radical (unpaired) electrons. The minimum atomic E-state index is -4.72. The van der Waals surface area contributed by atoms with Crippen molar-refractivity contribution in [2.45, 2.75) is 32.7 Å². The van der Waals surface area contributed by atoms with Gasteiger partial charge in [0, 0.05) is 12.1 Å². The summed E-state index contributed by atoms with van der Waals surface area (Å²) in [7, 11) is 0. The normalized spacial score (nSPS) is 11.8. The number of nitrogens with two attached hydrogens (primary N) is 1. The van der Waals surface area contributed by atoms with E-state index in [-0.39, 0.29) is 12.3 Å². The molecule has 0 saturated heterocycles. The van der Waals surface area contributed by atoms with E-state index in [2.05, 4.69) is 18.6 Å². The summed E-state index contributed by atoms with van der Waals surface area (Å²) in [6.07, 6.45) is -4.72. The second kappa shape index (κ2) is 6.40. The Balaban J connectivity index is 2.32. The van der Waals surface area contributed by atoms with E-state index >= 15 is 0 Å². The summed E-state index contributed by atoms with van der Waals surface area (Å²) in [5, 5.41) is 0. The van der Waals surface area contributed by atoms with Gasteiger partial charge in [-0.3, -0.25) is 0 Å². The fourth-order valence-corrected chi connectivity index (χ4v) is 2.20. The highest BCUT2D eigenvalue weighted by molar-refractivity contribution is 5.66. The van der Waals surface area contributed by atoms with Crippen LogP contribution in [-0.2, 0) is 6.54 Å². The quantitative estimate of drug-likeness (QED) is 0.877. The van der Waals surface area contributed by atoms with Crippen LogP contribution in [0, 0.1) is 0 Å². The molecule has 0 bridgehead atoms. The molecule has 118 valence electrons. The highest BCUT2D eigenvalue weighted by Gasteiger charge is 2.32. The Hall–Kier alpha value is -2.01. The van der Waals surface area contributed by atoms with E-state index in [4.69, 9.17) is 5.73 Å². The van der Waals surface area contributed by atoms with Gasteiger partial charge in [0.2, 0.25) is 0 Å². The van der Waals surface area contributed by atoms with Crippen molar-refractivity contribution in [2.75, 3.05) is 0 Å². The zero-order valence-corrected chi connectivity index (χ0v) is 12.4. The first kappa shape index (κ1) is 16.4. The minimum Gasteiger partial charge on any atom is -0.405 e. The SMILES string of the molecule is CC(C)c1ccc(-c2ccc(OC(F)(F)F)c(CN)c2)cc1. The molecule has 2 nitrogen and oxygen atoms in total. The highest BCUT2D eigenvalue weighted by atomic mass is 19.4. The van der Waals surface area contributed by atoms with Gasteiger partial charge in [-0.1, -0.05) is 44.2 Å². The lowest BCUT2D eigenvalue weighted by Gasteiger charge is -2.14. The Bertz CT molecular complexity index is 633. The van der Waals surface area contributed by atoms with Crippen LogP contribution < -0.4 is 10.5 Å². The van der Waals surface area contributed by atoms with Gasteiger partial charge in [-0.2, -0.15) is 0 Å². The van der Waals surface area contributed by atoms with E-state index in [1.807, 2.05) is 24.3 Å². The lowest BCUT2D eigenvalue weighted by molar-refractivity contribution is -0.274. The zero-order chi connectivity index (χ0) is 16.3. The van der Waals surface area contributed by atoms with Crippen LogP contribution in [0.1, 0.15) is 30.9 Å². The zero-order valence-electron chi connectivity index (χ0n) is 12.4. The number of alkyl halides is 3. The molecule has 2 rings (SSSR count). The summed E-state index contributed by atoms with van der Waals surface area (Å²) < 4.78 is 41.0. The first-order valence-electron chi connectivity index (χ1n) is 6.99. The molecule has 0 atom stereocenters. The van der Waals surface area contributed by atoms with Crippen molar-refractivity contribution in [1.29, 1.82) is 0 Å². The van der Waals surface area contributed by atoms with Crippen LogP contribution in [0.5, 0.6) is 5.75 Å². The van der Waals surface area contributed by atoms with E-state index in [1.54, 1.807) is 12.1 Å². The van der Waals surface area contributed by atoms with Gasteiger partial charge in [-0.05, 0) is 34.7 Å². The van der Waals surface area contributed by atoms with Crippen LogP contribution in [0.2, 0.25) is 0 Å². The summed E-state index contributed by atoms with van der Waals surface area (Å²) in [5.74, 6) is 0.175. The van der Waals surface area contributed by atoms with Gasteiger partial charge in [0.05, 0.1) is 0 Å². The summed E-state index contributed by atoms with van der Waals surface area (Å²) in [5.41, 5.74) is 8.80. The summed E-state index contributed by atoms with van der Waals surface area (Å²) in [4.78, 5) is 0. The third-order valence-electron chi connectivity index (χ3n) is 3.42. The average Bonchev–Trinajstić information content (AvgIpc) is 2.46. The monoisotopic (exact) mass is 309 g/mol. The van der Waals surface area contributed by atoms with Crippen molar-refractivity contribution in [2.24, 2.45) is 5.73 Å². The van der Waals surface area contributed by atoms with Crippen LogP contribution in [0.15, 0.2) is 42.5 Å². The van der Waals surface area contributed by atoms with Crippen molar-refractivity contribution in [1.82, 2.24) is 0 Å². The number of halogens is 3. The van der Waals surface area contributed by atoms with E-state index in [0.717, 1.165) is 11.1 Å². The van der Waals surface area contributed by atoms with E-state index in [9.17, 15) is 13.2 Å². The van der Waals surface area contributed by atoms with Crippen molar-refractivity contribution in [3.05, 3.63) is 53.6 Å². The Labute approximate surface area is 127 Å². The molecule has 2 N–H and O–H groups in total. The van der Waals surface area contributed by atoms with Gasteiger partial charge >= 0.3 is 6.36 Å². The first-order chi connectivity index (χ1) is 10.3. The van der Waals surface area contributed by atoms with Crippen molar-refractivity contribution < 1.29 is 17.9 Å². The first-order valence-corrected chi connectivity index (χ1v) is 6.99. The number of rotatable bonds is 4. The maximum atomic E-state index is 12.3. The van der Waals surface area contributed by atoms with Gasteiger partial charge in [0.1, 0.15) is 5.75 Å². The molecule has 0 amide bonds. The molecule has 5 heteroatoms. The third-order valence-corrected chi connectivity index (χ3v) is 3.42. The molecule has 2 aromatic carbocycles.